The number of nitrogen functional groups attached to an aromatic ring is 1. The molecule has 0 saturated heterocycles. The van der Waals surface area contributed by atoms with Crippen LogP contribution in [0.2, 0.25) is 0 Å². The van der Waals surface area contributed by atoms with Gasteiger partial charge in [-0.25, -0.2) is 9.97 Å². The van der Waals surface area contributed by atoms with E-state index in [1.165, 1.54) is 0 Å². The summed E-state index contributed by atoms with van der Waals surface area (Å²) in [5, 5.41) is 0. The van der Waals surface area contributed by atoms with E-state index in [1.807, 2.05) is 0 Å². The third kappa shape index (κ3) is 3.66. The molecule has 0 spiro atoms. The molecule has 0 fully saturated rings. The van der Waals surface area contributed by atoms with Crippen molar-refractivity contribution in [1.29, 1.82) is 0 Å². The Morgan fingerprint density at radius 1 is 1.25 bits per heavy atom. The molecule has 16 heavy (non-hydrogen) atoms. The van der Waals surface area contributed by atoms with Crippen molar-refractivity contribution in [1.82, 2.24) is 14.9 Å². The average Bonchev–Trinajstić information content (AvgIpc) is 2.25. The Morgan fingerprint density at radius 2 is 2.00 bits per heavy atom. The minimum Gasteiger partial charge on any atom is -0.394 e. The van der Waals surface area contributed by atoms with Crippen molar-refractivity contribution in [2.24, 2.45) is 0 Å². The number of nitrogens with two attached hydrogens (primary N) is 1. The van der Waals surface area contributed by atoms with E-state index in [9.17, 15) is 0 Å². The first-order valence-electron chi connectivity index (χ1n) is 5.60. The molecule has 0 aromatic carbocycles. The lowest BCUT2D eigenvalue weighted by atomic mass is 10.3. The van der Waals surface area contributed by atoms with Gasteiger partial charge in [-0.15, -0.1) is 0 Å². The van der Waals surface area contributed by atoms with Gasteiger partial charge in [0.15, 0.2) is 5.82 Å². The normalized spacial score (nSPS) is 10.8. The fourth-order valence-corrected chi connectivity index (χ4v) is 1.51. The molecule has 0 amide bonds. The smallest absolute Gasteiger partial charge is 0.155 e. The summed E-state index contributed by atoms with van der Waals surface area (Å²) in [6.45, 7) is 5.04. The zero-order chi connectivity index (χ0) is 12.0. The van der Waals surface area contributed by atoms with E-state index in [1.54, 1.807) is 12.5 Å². The molecule has 1 rings (SSSR count). The number of anilines is 2. The molecule has 2 N–H and O–H groups in total. The van der Waals surface area contributed by atoms with E-state index in [4.69, 9.17) is 5.73 Å². The van der Waals surface area contributed by atoms with Crippen LogP contribution in [-0.4, -0.2) is 48.6 Å². The molecule has 0 aliphatic carbocycles. The van der Waals surface area contributed by atoms with Crippen molar-refractivity contribution in [2.75, 3.05) is 44.4 Å². The van der Waals surface area contributed by atoms with Gasteiger partial charge in [0.2, 0.25) is 0 Å². The second-order valence-electron chi connectivity index (χ2n) is 4.09. The quantitative estimate of drug-likeness (QED) is 0.774. The molecule has 5 nitrogen and oxygen atoms in total. The van der Waals surface area contributed by atoms with Gasteiger partial charge >= 0.3 is 0 Å². The van der Waals surface area contributed by atoms with Gasteiger partial charge in [-0.1, -0.05) is 6.92 Å². The lowest BCUT2D eigenvalue weighted by molar-refractivity contribution is 0.412. The van der Waals surface area contributed by atoms with E-state index < -0.39 is 0 Å². The lowest BCUT2D eigenvalue weighted by Gasteiger charge is -2.25. The highest BCUT2D eigenvalue weighted by Crippen LogP contribution is 2.17. The number of nitrogens with zero attached hydrogens (tertiary/aromatic N) is 4. The van der Waals surface area contributed by atoms with E-state index in [0.29, 0.717) is 5.69 Å². The molecule has 0 unspecified atom stereocenters. The van der Waals surface area contributed by atoms with Crippen LogP contribution in [-0.2, 0) is 0 Å². The molecular weight excluding hydrogens is 202 g/mol. The molecule has 0 aliphatic heterocycles. The van der Waals surface area contributed by atoms with Crippen molar-refractivity contribution in [3.63, 3.8) is 0 Å². The van der Waals surface area contributed by atoms with Crippen LogP contribution >= 0.6 is 0 Å². The van der Waals surface area contributed by atoms with Crippen molar-refractivity contribution >= 4 is 11.5 Å². The van der Waals surface area contributed by atoms with Crippen LogP contribution in [0.15, 0.2) is 12.5 Å². The Balaban J connectivity index is 2.73. The topological polar surface area (TPSA) is 58.3 Å². The summed E-state index contributed by atoms with van der Waals surface area (Å²) in [6, 6.07) is 0. The van der Waals surface area contributed by atoms with Gasteiger partial charge in [0.25, 0.3) is 0 Å². The molecule has 90 valence electrons. The van der Waals surface area contributed by atoms with E-state index in [-0.39, 0.29) is 0 Å². The Labute approximate surface area is 97.3 Å². The maximum absolute atomic E-state index is 5.88. The van der Waals surface area contributed by atoms with Gasteiger partial charge < -0.3 is 15.5 Å². The van der Waals surface area contributed by atoms with Crippen LogP contribution in [0.25, 0.3) is 0 Å². The Bertz CT molecular complexity index is 313. The standard InChI is InChI=1S/C11H21N5/c1-4-5-16(7-6-15(2)3)11-10(12)8-13-9-14-11/h8-9H,4-7,12H2,1-3H3. The van der Waals surface area contributed by atoms with Gasteiger partial charge in [-0.3, -0.25) is 0 Å². The van der Waals surface area contributed by atoms with Crippen LogP contribution in [0.4, 0.5) is 11.5 Å². The molecule has 1 aromatic heterocycles. The Kier molecular flexibility index (Phi) is 4.98. The van der Waals surface area contributed by atoms with Crippen LogP contribution in [0.1, 0.15) is 13.3 Å². The van der Waals surface area contributed by atoms with Crippen LogP contribution in [0.3, 0.4) is 0 Å². The second-order valence-corrected chi connectivity index (χ2v) is 4.09. The summed E-state index contributed by atoms with van der Waals surface area (Å²) in [5.74, 6) is 0.846. The minimum atomic E-state index is 0.648. The maximum Gasteiger partial charge on any atom is 0.155 e. The predicted octanol–water partition coefficient (Wildman–Crippen LogP) is 0.837. The molecule has 1 heterocycles. The minimum absolute atomic E-state index is 0.648. The van der Waals surface area contributed by atoms with Crippen molar-refractivity contribution in [3.8, 4) is 0 Å². The van der Waals surface area contributed by atoms with Crippen molar-refractivity contribution in [2.45, 2.75) is 13.3 Å². The number of rotatable bonds is 6. The maximum atomic E-state index is 5.88. The summed E-state index contributed by atoms with van der Waals surface area (Å²) in [5.41, 5.74) is 6.53. The molecule has 5 heteroatoms. The van der Waals surface area contributed by atoms with Crippen molar-refractivity contribution in [3.05, 3.63) is 12.5 Å². The summed E-state index contributed by atoms with van der Waals surface area (Å²) in [7, 11) is 4.13. The summed E-state index contributed by atoms with van der Waals surface area (Å²) in [4.78, 5) is 12.5. The van der Waals surface area contributed by atoms with Crippen LogP contribution in [0.5, 0.6) is 0 Å². The van der Waals surface area contributed by atoms with E-state index in [2.05, 4.69) is 40.8 Å². The fourth-order valence-electron chi connectivity index (χ4n) is 1.51. The number of hydrogen-bond donors (Lipinski definition) is 1. The zero-order valence-electron chi connectivity index (χ0n) is 10.3. The largest absolute Gasteiger partial charge is 0.394 e. The van der Waals surface area contributed by atoms with Crippen molar-refractivity contribution < 1.29 is 0 Å². The summed E-state index contributed by atoms with van der Waals surface area (Å²) >= 11 is 0. The predicted molar refractivity (Wildman–Crippen MR) is 67.5 cm³/mol. The Hall–Kier alpha value is -1.36. The first-order chi connectivity index (χ1) is 7.65. The van der Waals surface area contributed by atoms with Crippen LogP contribution < -0.4 is 10.6 Å². The van der Waals surface area contributed by atoms with Gasteiger partial charge in [0.1, 0.15) is 6.33 Å². The highest BCUT2D eigenvalue weighted by molar-refractivity contribution is 5.60. The van der Waals surface area contributed by atoms with Crippen LogP contribution in [0, 0.1) is 0 Å². The van der Waals surface area contributed by atoms with Gasteiger partial charge in [-0.05, 0) is 20.5 Å². The molecule has 0 bridgehead atoms. The molecule has 0 saturated carbocycles. The first kappa shape index (κ1) is 12.7. The number of hydrogen-bond acceptors (Lipinski definition) is 5. The SMILES string of the molecule is CCCN(CCN(C)C)c1ncncc1N. The molecule has 0 radical (unpaired) electrons. The third-order valence-electron chi connectivity index (χ3n) is 2.33. The molecule has 0 aliphatic rings. The zero-order valence-corrected chi connectivity index (χ0v) is 10.3. The Morgan fingerprint density at radius 3 is 2.56 bits per heavy atom. The van der Waals surface area contributed by atoms with Gasteiger partial charge in [0.05, 0.1) is 11.9 Å². The first-order valence-corrected chi connectivity index (χ1v) is 5.60. The lowest BCUT2D eigenvalue weighted by Crippen LogP contribution is -2.33. The number of aromatic nitrogens is 2. The molecular formula is C11H21N5. The second kappa shape index (κ2) is 6.27. The van der Waals surface area contributed by atoms with Gasteiger partial charge in [-0.2, -0.15) is 0 Å². The highest BCUT2D eigenvalue weighted by Gasteiger charge is 2.10. The average molecular weight is 223 g/mol. The monoisotopic (exact) mass is 223 g/mol. The third-order valence-corrected chi connectivity index (χ3v) is 2.33. The summed E-state index contributed by atoms with van der Waals surface area (Å²) < 4.78 is 0. The number of likely N-dealkylation sites (N-methyl/N-ethyl adjacent to an activating group) is 1. The highest BCUT2D eigenvalue weighted by atomic mass is 15.2. The fraction of sp³-hybridized carbons (Fsp3) is 0.636. The molecule has 1 aromatic rings. The molecule has 0 atom stereocenters. The summed E-state index contributed by atoms with van der Waals surface area (Å²) in [6.07, 6.45) is 4.28. The van der Waals surface area contributed by atoms with E-state index in [0.717, 1.165) is 31.9 Å². The van der Waals surface area contributed by atoms with Gasteiger partial charge in [0, 0.05) is 19.6 Å². The van der Waals surface area contributed by atoms with E-state index >= 15 is 0 Å².